The van der Waals surface area contributed by atoms with Crippen LogP contribution >= 0.6 is 11.6 Å². The third-order valence-corrected chi connectivity index (χ3v) is 3.68. The molecular formula is C14H19ClN2O. The molecule has 1 aliphatic heterocycles. The lowest BCUT2D eigenvalue weighted by Gasteiger charge is -2.26. The zero-order valence-electron chi connectivity index (χ0n) is 10.7. The van der Waals surface area contributed by atoms with Crippen LogP contribution in [0.3, 0.4) is 0 Å². The van der Waals surface area contributed by atoms with Gasteiger partial charge in [0.1, 0.15) is 0 Å². The van der Waals surface area contributed by atoms with Gasteiger partial charge in [0.05, 0.1) is 6.04 Å². The van der Waals surface area contributed by atoms with E-state index in [0.29, 0.717) is 5.02 Å². The Balaban J connectivity index is 2.05. The molecule has 2 rings (SSSR count). The van der Waals surface area contributed by atoms with Crippen molar-refractivity contribution >= 4 is 17.4 Å². The summed E-state index contributed by atoms with van der Waals surface area (Å²) in [6, 6.07) is 7.08. The summed E-state index contributed by atoms with van der Waals surface area (Å²) in [4.78, 5) is 14.6. The minimum absolute atomic E-state index is 0.0638. The fourth-order valence-corrected chi connectivity index (χ4v) is 2.40. The zero-order chi connectivity index (χ0) is 13.0. The van der Waals surface area contributed by atoms with E-state index in [0.717, 1.165) is 38.2 Å². The predicted molar refractivity (Wildman–Crippen MR) is 74.3 cm³/mol. The first-order valence-corrected chi connectivity index (χ1v) is 6.81. The standard InChI is InChI=1S/C14H19ClN2O/c1-11(17-9-2-7-16-8-10-17)14(18)12-3-5-13(15)6-4-12/h3-6,11,16H,2,7-10H2,1H3. The third kappa shape index (κ3) is 3.31. The maximum atomic E-state index is 12.4. The molecule has 0 aliphatic carbocycles. The van der Waals surface area contributed by atoms with Crippen molar-refractivity contribution in [3.63, 3.8) is 0 Å². The van der Waals surface area contributed by atoms with E-state index < -0.39 is 0 Å². The van der Waals surface area contributed by atoms with Gasteiger partial charge in [0.15, 0.2) is 5.78 Å². The second-order valence-electron chi connectivity index (χ2n) is 4.69. The fraction of sp³-hybridized carbons (Fsp3) is 0.500. The lowest BCUT2D eigenvalue weighted by Crippen LogP contribution is -2.41. The van der Waals surface area contributed by atoms with Crippen LogP contribution < -0.4 is 5.32 Å². The van der Waals surface area contributed by atoms with Crippen LogP contribution in [0.4, 0.5) is 0 Å². The monoisotopic (exact) mass is 266 g/mol. The predicted octanol–water partition coefficient (Wildman–Crippen LogP) is 2.21. The van der Waals surface area contributed by atoms with Crippen LogP contribution in [0.25, 0.3) is 0 Å². The zero-order valence-corrected chi connectivity index (χ0v) is 11.4. The van der Waals surface area contributed by atoms with Gasteiger partial charge in [-0.05, 0) is 44.2 Å². The second kappa shape index (κ2) is 6.32. The number of carbonyl (C=O) groups is 1. The number of rotatable bonds is 3. The van der Waals surface area contributed by atoms with Crippen LogP contribution in [0.5, 0.6) is 0 Å². The molecule has 0 spiro atoms. The van der Waals surface area contributed by atoms with Crippen molar-refractivity contribution in [3.8, 4) is 0 Å². The van der Waals surface area contributed by atoms with Crippen molar-refractivity contribution in [1.82, 2.24) is 10.2 Å². The Morgan fingerprint density at radius 1 is 1.28 bits per heavy atom. The van der Waals surface area contributed by atoms with Gasteiger partial charge in [0.25, 0.3) is 0 Å². The Kier molecular flexibility index (Phi) is 4.75. The highest BCUT2D eigenvalue weighted by Crippen LogP contribution is 2.14. The molecule has 3 nitrogen and oxygen atoms in total. The topological polar surface area (TPSA) is 32.3 Å². The van der Waals surface area contributed by atoms with Gasteiger partial charge in [-0.2, -0.15) is 0 Å². The lowest BCUT2D eigenvalue weighted by atomic mass is 10.0. The van der Waals surface area contributed by atoms with Crippen molar-refractivity contribution in [1.29, 1.82) is 0 Å². The van der Waals surface area contributed by atoms with E-state index in [1.807, 2.05) is 6.92 Å². The molecule has 0 saturated carbocycles. The van der Waals surface area contributed by atoms with Gasteiger partial charge in [-0.15, -0.1) is 0 Å². The van der Waals surface area contributed by atoms with E-state index >= 15 is 0 Å². The summed E-state index contributed by atoms with van der Waals surface area (Å²) >= 11 is 5.84. The maximum Gasteiger partial charge on any atom is 0.179 e. The Bertz CT molecular complexity index is 397. The molecule has 0 amide bonds. The Morgan fingerprint density at radius 3 is 2.72 bits per heavy atom. The largest absolute Gasteiger partial charge is 0.315 e. The molecular weight excluding hydrogens is 248 g/mol. The summed E-state index contributed by atoms with van der Waals surface area (Å²) in [6.07, 6.45) is 1.10. The number of hydrogen-bond acceptors (Lipinski definition) is 3. The molecule has 0 radical (unpaired) electrons. The molecule has 98 valence electrons. The molecule has 1 atom stereocenters. The van der Waals surface area contributed by atoms with Crippen molar-refractivity contribution in [2.45, 2.75) is 19.4 Å². The lowest BCUT2D eigenvalue weighted by molar-refractivity contribution is 0.0847. The molecule has 0 aromatic heterocycles. The number of ketones is 1. The number of Topliss-reactive ketones (excluding diaryl/α,β-unsaturated/α-hetero) is 1. The number of hydrogen-bond donors (Lipinski definition) is 1. The first-order valence-electron chi connectivity index (χ1n) is 6.43. The van der Waals surface area contributed by atoms with Crippen molar-refractivity contribution in [3.05, 3.63) is 34.9 Å². The van der Waals surface area contributed by atoms with Crippen molar-refractivity contribution in [2.24, 2.45) is 0 Å². The highest BCUT2D eigenvalue weighted by atomic mass is 35.5. The van der Waals surface area contributed by atoms with E-state index in [1.165, 1.54) is 0 Å². The number of nitrogens with one attached hydrogen (secondary N) is 1. The van der Waals surface area contributed by atoms with Crippen LogP contribution in [-0.2, 0) is 0 Å². The Morgan fingerprint density at radius 2 is 2.00 bits per heavy atom. The Labute approximate surface area is 113 Å². The summed E-state index contributed by atoms with van der Waals surface area (Å²) in [6.45, 7) is 5.90. The molecule has 4 heteroatoms. The average molecular weight is 267 g/mol. The van der Waals surface area contributed by atoms with Gasteiger partial charge < -0.3 is 5.32 Å². The van der Waals surface area contributed by atoms with E-state index in [4.69, 9.17) is 11.6 Å². The number of benzene rings is 1. The number of halogens is 1. The van der Waals surface area contributed by atoms with Gasteiger partial charge in [-0.25, -0.2) is 0 Å². The molecule has 1 N–H and O–H groups in total. The van der Waals surface area contributed by atoms with E-state index in [1.54, 1.807) is 24.3 Å². The second-order valence-corrected chi connectivity index (χ2v) is 5.12. The molecule has 1 aromatic carbocycles. The minimum Gasteiger partial charge on any atom is -0.315 e. The molecule has 1 aromatic rings. The van der Waals surface area contributed by atoms with Gasteiger partial charge in [-0.1, -0.05) is 11.6 Å². The van der Waals surface area contributed by atoms with Gasteiger partial charge in [-0.3, -0.25) is 9.69 Å². The highest BCUT2D eigenvalue weighted by Gasteiger charge is 2.22. The molecule has 18 heavy (non-hydrogen) atoms. The van der Waals surface area contributed by atoms with Gasteiger partial charge in [0, 0.05) is 30.2 Å². The van der Waals surface area contributed by atoms with Crippen molar-refractivity contribution in [2.75, 3.05) is 26.2 Å². The van der Waals surface area contributed by atoms with Crippen LogP contribution in [0.15, 0.2) is 24.3 Å². The van der Waals surface area contributed by atoms with Crippen LogP contribution in [-0.4, -0.2) is 42.9 Å². The third-order valence-electron chi connectivity index (χ3n) is 3.43. The van der Waals surface area contributed by atoms with Crippen molar-refractivity contribution < 1.29 is 4.79 Å². The summed E-state index contributed by atoms with van der Waals surface area (Å²) in [5, 5.41) is 4.01. The molecule has 1 saturated heterocycles. The minimum atomic E-state index is -0.0638. The molecule has 0 bridgehead atoms. The van der Waals surface area contributed by atoms with Gasteiger partial charge >= 0.3 is 0 Å². The normalized spacial score (nSPS) is 19.2. The first-order chi connectivity index (χ1) is 8.68. The Hall–Kier alpha value is -0.900. The quantitative estimate of drug-likeness (QED) is 0.852. The van der Waals surface area contributed by atoms with E-state index in [-0.39, 0.29) is 11.8 Å². The van der Waals surface area contributed by atoms with Gasteiger partial charge in [0.2, 0.25) is 0 Å². The summed E-state index contributed by atoms with van der Waals surface area (Å²) < 4.78 is 0. The highest BCUT2D eigenvalue weighted by molar-refractivity contribution is 6.30. The fourth-order valence-electron chi connectivity index (χ4n) is 2.28. The summed E-state index contributed by atoms with van der Waals surface area (Å²) in [5.41, 5.74) is 0.740. The molecule has 1 unspecified atom stereocenters. The maximum absolute atomic E-state index is 12.4. The van der Waals surface area contributed by atoms with Crippen LogP contribution in [0.2, 0.25) is 5.02 Å². The number of nitrogens with zero attached hydrogens (tertiary/aromatic N) is 1. The SMILES string of the molecule is CC(C(=O)c1ccc(Cl)cc1)N1CCCNCC1. The average Bonchev–Trinajstić information content (AvgIpc) is 2.67. The van der Waals surface area contributed by atoms with E-state index in [9.17, 15) is 4.79 Å². The first kappa shape index (κ1) is 13.5. The van der Waals surface area contributed by atoms with Crippen LogP contribution in [0, 0.1) is 0 Å². The molecule has 1 heterocycles. The van der Waals surface area contributed by atoms with E-state index in [2.05, 4.69) is 10.2 Å². The number of carbonyl (C=O) groups excluding carboxylic acids is 1. The summed E-state index contributed by atoms with van der Waals surface area (Å²) in [5.74, 6) is 0.175. The summed E-state index contributed by atoms with van der Waals surface area (Å²) in [7, 11) is 0. The molecule has 1 aliphatic rings. The van der Waals surface area contributed by atoms with Crippen LogP contribution in [0.1, 0.15) is 23.7 Å². The molecule has 1 fully saturated rings. The smallest absolute Gasteiger partial charge is 0.179 e.